The third-order valence-corrected chi connectivity index (χ3v) is 2.15. The molecule has 0 aliphatic heterocycles. The first-order valence-corrected chi connectivity index (χ1v) is 4.73. The zero-order valence-corrected chi connectivity index (χ0v) is 8.91. The fourth-order valence-corrected chi connectivity index (χ4v) is 1.29. The summed E-state index contributed by atoms with van der Waals surface area (Å²) in [6.07, 6.45) is -7.49. The van der Waals surface area contributed by atoms with Crippen LogP contribution in [0.15, 0.2) is 12.1 Å². The van der Waals surface area contributed by atoms with Crippen molar-refractivity contribution < 1.29 is 27.1 Å². The summed E-state index contributed by atoms with van der Waals surface area (Å²) >= 11 is 5.43. The van der Waals surface area contributed by atoms with Crippen LogP contribution in [-0.2, 0) is 0 Å². The summed E-state index contributed by atoms with van der Waals surface area (Å²) in [5.41, 5.74) is -0.489. The van der Waals surface area contributed by atoms with Gasteiger partial charge < -0.3 is 10.4 Å². The van der Waals surface area contributed by atoms with E-state index in [1.54, 1.807) is 0 Å². The van der Waals surface area contributed by atoms with Crippen molar-refractivity contribution in [3.05, 3.63) is 28.8 Å². The van der Waals surface area contributed by atoms with Crippen molar-refractivity contribution in [2.75, 3.05) is 11.9 Å². The quantitative estimate of drug-likeness (QED) is 0.831. The Morgan fingerprint density at radius 2 is 1.88 bits per heavy atom. The maximum Gasteiger partial charge on any atom is 0.416 e. The largest absolute Gasteiger partial charge is 0.416 e. The van der Waals surface area contributed by atoms with Crippen LogP contribution in [0.2, 0.25) is 5.02 Å². The molecule has 1 aromatic carbocycles. The molecule has 8 heteroatoms. The van der Waals surface area contributed by atoms with Gasteiger partial charge in [0.05, 0.1) is 10.7 Å². The van der Waals surface area contributed by atoms with Crippen LogP contribution in [0.1, 0.15) is 0 Å². The Morgan fingerprint density at radius 1 is 1.29 bits per heavy atom. The number of aliphatic hydroxyl groups is 1. The van der Waals surface area contributed by atoms with E-state index in [4.69, 9.17) is 16.7 Å². The predicted octanol–water partition coefficient (Wildman–Crippen LogP) is 2.95. The highest BCUT2D eigenvalue weighted by Crippen LogP contribution is 2.27. The molecule has 0 aliphatic carbocycles. The third-order valence-electron chi connectivity index (χ3n) is 1.86. The Hall–Kier alpha value is -1.08. The highest BCUT2D eigenvalue weighted by atomic mass is 35.5. The van der Waals surface area contributed by atoms with Crippen LogP contribution < -0.4 is 5.32 Å². The molecule has 1 unspecified atom stereocenters. The zero-order valence-electron chi connectivity index (χ0n) is 8.15. The van der Waals surface area contributed by atoms with Gasteiger partial charge in [-0.05, 0) is 6.07 Å². The molecule has 0 aromatic heterocycles. The topological polar surface area (TPSA) is 32.3 Å². The summed E-state index contributed by atoms with van der Waals surface area (Å²) in [6.45, 7) is -0.980. The van der Waals surface area contributed by atoms with Gasteiger partial charge in [0.25, 0.3) is 0 Å². The molecule has 0 radical (unpaired) electrons. The molecule has 0 fully saturated rings. The van der Waals surface area contributed by atoms with E-state index in [0.29, 0.717) is 6.07 Å². The van der Waals surface area contributed by atoms with Crippen molar-refractivity contribution in [2.45, 2.75) is 12.3 Å². The Kier molecular flexibility index (Phi) is 4.16. The van der Waals surface area contributed by atoms with Gasteiger partial charge in [0.2, 0.25) is 0 Å². The van der Waals surface area contributed by atoms with Gasteiger partial charge in [-0.3, -0.25) is 0 Å². The molecular weight excluding hydrogens is 269 g/mol. The average molecular weight is 276 g/mol. The smallest absolute Gasteiger partial charge is 0.382 e. The van der Waals surface area contributed by atoms with Gasteiger partial charge in [0.15, 0.2) is 11.9 Å². The van der Waals surface area contributed by atoms with E-state index in [1.165, 1.54) is 0 Å². The van der Waals surface area contributed by atoms with Crippen LogP contribution in [0, 0.1) is 11.6 Å². The first-order valence-electron chi connectivity index (χ1n) is 4.35. The van der Waals surface area contributed by atoms with Gasteiger partial charge in [-0.25, -0.2) is 8.78 Å². The first-order chi connectivity index (χ1) is 7.71. The lowest BCUT2D eigenvalue weighted by Crippen LogP contribution is -2.35. The number of aliphatic hydroxyl groups excluding tert-OH is 1. The molecule has 0 saturated carbocycles. The lowest BCUT2D eigenvalue weighted by atomic mass is 10.2. The van der Waals surface area contributed by atoms with Crippen molar-refractivity contribution in [1.29, 1.82) is 0 Å². The van der Waals surface area contributed by atoms with Crippen LogP contribution in [0.5, 0.6) is 0 Å². The highest BCUT2D eigenvalue weighted by Gasteiger charge is 2.38. The lowest BCUT2D eigenvalue weighted by molar-refractivity contribution is -0.198. The third kappa shape index (κ3) is 3.71. The Labute approximate surface area is 98.0 Å². The van der Waals surface area contributed by atoms with Gasteiger partial charge >= 0.3 is 6.18 Å². The molecular formula is C9H7ClF5NO. The number of rotatable bonds is 3. The summed E-state index contributed by atoms with van der Waals surface area (Å²) in [7, 11) is 0. The van der Waals surface area contributed by atoms with Gasteiger partial charge in [-0.2, -0.15) is 13.2 Å². The monoisotopic (exact) mass is 275 g/mol. The first kappa shape index (κ1) is 14.0. The van der Waals surface area contributed by atoms with Crippen LogP contribution >= 0.6 is 11.6 Å². The number of halogens is 6. The van der Waals surface area contributed by atoms with Crippen LogP contribution in [0.25, 0.3) is 0 Å². The minimum atomic E-state index is -4.82. The molecule has 2 nitrogen and oxygen atoms in total. The molecule has 17 heavy (non-hydrogen) atoms. The second kappa shape index (κ2) is 5.05. The van der Waals surface area contributed by atoms with Crippen LogP contribution in [0.3, 0.4) is 0 Å². The number of anilines is 1. The lowest BCUT2D eigenvalue weighted by Gasteiger charge is -2.16. The van der Waals surface area contributed by atoms with Crippen LogP contribution in [-0.4, -0.2) is 23.9 Å². The number of alkyl halides is 3. The van der Waals surface area contributed by atoms with Gasteiger partial charge in [-0.15, -0.1) is 0 Å². The minimum absolute atomic E-state index is 0.406. The molecule has 1 aromatic rings. The number of benzene rings is 1. The fourth-order valence-electron chi connectivity index (χ4n) is 1.03. The Balaban J connectivity index is 2.77. The van der Waals surface area contributed by atoms with E-state index < -0.39 is 41.2 Å². The molecule has 0 bridgehead atoms. The second-order valence-electron chi connectivity index (χ2n) is 3.18. The highest BCUT2D eigenvalue weighted by molar-refractivity contribution is 6.33. The summed E-state index contributed by atoms with van der Waals surface area (Å²) in [6, 6.07) is 1.21. The van der Waals surface area contributed by atoms with E-state index >= 15 is 0 Å². The maximum atomic E-state index is 13.1. The standard InChI is InChI=1S/C9H7ClF5NO/c10-5-1-4(11)2-6(12)8(5)16-3-7(17)9(13,14)15/h1-2,7,16-17H,3H2. The van der Waals surface area contributed by atoms with Gasteiger partial charge in [-0.1, -0.05) is 11.6 Å². The predicted molar refractivity (Wildman–Crippen MR) is 51.9 cm³/mol. The average Bonchev–Trinajstić information content (AvgIpc) is 2.13. The Morgan fingerprint density at radius 3 is 2.35 bits per heavy atom. The number of hydrogen-bond acceptors (Lipinski definition) is 2. The summed E-state index contributed by atoms with van der Waals surface area (Å²) < 4.78 is 61.5. The summed E-state index contributed by atoms with van der Waals surface area (Å²) in [4.78, 5) is 0. The van der Waals surface area contributed by atoms with Crippen molar-refractivity contribution in [2.24, 2.45) is 0 Å². The normalized spacial score (nSPS) is 13.6. The zero-order chi connectivity index (χ0) is 13.2. The van der Waals surface area contributed by atoms with E-state index in [0.717, 1.165) is 6.07 Å². The SMILES string of the molecule is OC(CNc1c(F)cc(F)cc1Cl)C(F)(F)F. The van der Waals surface area contributed by atoms with Gasteiger partial charge in [0.1, 0.15) is 5.82 Å². The summed E-state index contributed by atoms with van der Waals surface area (Å²) in [5, 5.41) is 10.2. The van der Waals surface area contributed by atoms with E-state index in [-0.39, 0.29) is 0 Å². The van der Waals surface area contributed by atoms with Crippen molar-refractivity contribution in [1.82, 2.24) is 0 Å². The molecule has 0 amide bonds. The molecule has 96 valence electrons. The summed E-state index contributed by atoms with van der Waals surface area (Å²) in [5.74, 6) is -2.08. The second-order valence-corrected chi connectivity index (χ2v) is 3.59. The fraction of sp³-hybridized carbons (Fsp3) is 0.333. The molecule has 1 atom stereocenters. The van der Waals surface area contributed by atoms with Crippen molar-refractivity contribution in [3.8, 4) is 0 Å². The molecule has 2 N–H and O–H groups in total. The van der Waals surface area contributed by atoms with E-state index in [1.807, 2.05) is 5.32 Å². The van der Waals surface area contributed by atoms with Crippen molar-refractivity contribution in [3.63, 3.8) is 0 Å². The minimum Gasteiger partial charge on any atom is -0.382 e. The van der Waals surface area contributed by atoms with Crippen LogP contribution in [0.4, 0.5) is 27.6 Å². The van der Waals surface area contributed by atoms with E-state index in [9.17, 15) is 22.0 Å². The molecule has 1 rings (SSSR count). The molecule has 0 saturated heterocycles. The molecule has 0 heterocycles. The molecule has 0 aliphatic rings. The maximum absolute atomic E-state index is 13.1. The van der Waals surface area contributed by atoms with Crippen molar-refractivity contribution >= 4 is 17.3 Å². The molecule has 0 spiro atoms. The van der Waals surface area contributed by atoms with E-state index in [2.05, 4.69) is 0 Å². The Bertz CT molecular complexity index is 386. The number of hydrogen-bond donors (Lipinski definition) is 2. The van der Waals surface area contributed by atoms with Gasteiger partial charge in [0, 0.05) is 12.6 Å². The number of nitrogens with one attached hydrogen (secondary N) is 1.